The molecule has 3 amide bonds. The molecule has 0 aromatic carbocycles. The average Bonchev–Trinajstić information content (AvgIpc) is 3.33. The largest absolute Gasteiger partial charge is 0.354 e. The Morgan fingerprint density at radius 3 is 2.67 bits per heavy atom. The van der Waals surface area contributed by atoms with Gasteiger partial charge in [-0.25, -0.2) is 0 Å². The molecule has 2 N–H and O–H groups in total. The maximum Gasteiger partial charge on any atom is 0.245 e. The van der Waals surface area contributed by atoms with Crippen molar-refractivity contribution in [2.24, 2.45) is 5.92 Å². The molecule has 0 aromatic rings. The van der Waals surface area contributed by atoms with Gasteiger partial charge in [-0.2, -0.15) is 0 Å². The molecule has 0 bridgehead atoms. The van der Waals surface area contributed by atoms with Crippen molar-refractivity contribution < 1.29 is 14.4 Å². The van der Waals surface area contributed by atoms with Gasteiger partial charge in [-0.1, -0.05) is 6.92 Å². The van der Waals surface area contributed by atoms with Crippen LogP contribution in [0.4, 0.5) is 0 Å². The zero-order valence-electron chi connectivity index (χ0n) is 16.2. The summed E-state index contributed by atoms with van der Waals surface area (Å²) in [4.78, 5) is 40.9. The zero-order chi connectivity index (χ0) is 18.5. The van der Waals surface area contributed by atoms with Crippen LogP contribution in [0, 0.1) is 5.92 Å². The predicted molar refractivity (Wildman–Crippen MR) is 106 cm³/mol. The van der Waals surface area contributed by atoms with Crippen LogP contribution in [-0.4, -0.2) is 72.3 Å². The number of piperidine rings is 1. The van der Waals surface area contributed by atoms with Crippen molar-refractivity contribution in [3.63, 3.8) is 0 Å². The first-order valence-electron chi connectivity index (χ1n) is 10.2. The average molecular weight is 401 g/mol. The van der Waals surface area contributed by atoms with E-state index in [-0.39, 0.29) is 42.2 Å². The first-order valence-corrected chi connectivity index (χ1v) is 10.2. The van der Waals surface area contributed by atoms with Gasteiger partial charge in [0.25, 0.3) is 0 Å². The summed E-state index contributed by atoms with van der Waals surface area (Å²) in [7, 11) is 0. The van der Waals surface area contributed by atoms with E-state index in [9.17, 15) is 14.4 Å². The first kappa shape index (κ1) is 22.0. The summed E-state index contributed by atoms with van der Waals surface area (Å²) in [6.45, 7) is 5.65. The van der Waals surface area contributed by atoms with E-state index in [0.29, 0.717) is 38.4 Å². The van der Waals surface area contributed by atoms with Crippen LogP contribution in [-0.2, 0) is 14.4 Å². The molecule has 3 unspecified atom stereocenters. The summed E-state index contributed by atoms with van der Waals surface area (Å²) in [6.07, 6.45) is 6.02. The van der Waals surface area contributed by atoms with Gasteiger partial charge in [0.15, 0.2) is 0 Å². The molecule has 27 heavy (non-hydrogen) atoms. The molecule has 0 aliphatic carbocycles. The molecule has 3 aliphatic rings. The van der Waals surface area contributed by atoms with E-state index in [1.165, 1.54) is 0 Å². The Morgan fingerprint density at radius 1 is 1.22 bits per heavy atom. The van der Waals surface area contributed by atoms with E-state index < -0.39 is 0 Å². The molecule has 3 fully saturated rings. The second kappa shape index (κ2) is 10.3. The van der Waals surface area contributed by atoms with Gasteiger partial charge in [0.1, 0.15) is 6.04 Å². The molecule has 0 radical (unpaired) electrons. The number of carbonyl (C=O) groups is 3. The summed E-state index contributed by atoms with van der Waals surface area (Å²) in [6, 6.07) is -0.372. The minimum atomic E-state index is -0.318. The molecular weight excluding hydrogens is 368 g/mol. The molecule has 3 aliphatic heterocycles. The maximum atomic E-state index is 13.0. The van der Waals surface area contributed by atoms with Gasteiger partial charge in [-0.3, -0.25) is 14.4 Å². The molecule has 8 heteroatoms. The van der Waals surface area contributed by atoms with Gasteiger partial charge in [0.2, 0.25) is 17.7 Å². The number of rotatable bonds is 6. The quantitative estimate of drug-likeness (QED) is 0.694. The number of nitrogens with zero attached hydrogens (tertiary/aromatic N) is 2. The second-order valence-electron chi connectivity index (χ2n) is 7.80. The summed E-state index contributed by atoms with van der Waals surface area (Å²) in [5.41, 5.74) is 0. The van der Waals surface area contributed by atoms with Crippen LogP contribution in [0.15, 0.2) is 0 Å². The van der Waals surface area contributed by atoms with Crippen molar-refractivity contribution in [3.05, 3.63) is 0 Å². The molecule has 3 rings (SSSR count). The normalized spacial score (nSPS) is 26.6. The molecule has 0 saturated carbocycles. The van der Waals surface area contributed by atoms with Crippen LogP contribution in [0.25, 0.3) is 0 Å². The minimum absolute atomic E-state index is 0. The van der Waals surface area contributed by atoms with E-state index in [1.807, 2.05) is 11.8 Å². The Balaban J connectivity index is 0.00000261. The van der Waals surface area contributed by atoms with Gasteiger partial charge in [-0.15, -0.1) is 12.4 Å². The van der Waals surface area contributed by atoms with Gasteiger partial charge < -0.3 is 20.4 Å². The third-order valence-electron chi connectivity index (χ3n) is 5.93. The van der Waals surface area contributed by atoms with Crippen molar-refractivity contribution in [2.45, 2.75) is 64.0 Å². The van der Waals surface area contributed by atoms with Crippen molar-refractivity contribution >= 4 is 30.1 Å². The number of carbonyl (C=O) groups excluding carboxylic acids is 3. The van der Waals surface area contributed by atoms with Crippen molar-refractivity contribution in [1.82, 2.24) is 20.4 Å². The van der Waals surface area contributed by atoms with Crippen LogP contribution in [0.1, 0.15) is 51.9 Å². The Bertz CT molecular complexity index is 539. The Kier molecular flexibility index (Phi) is 8.35. The Morgan fingerprint density at radius 2 is 2.04 bits per heavy atom. The molecule has 3 saturated heterocycles. The van der Waals surface area contributed by atoms with Crippen LogP contribution < -0.4 is 10.6 Å². The highest BCUT2D eigenvalue weighted by Crippen LogP contribution is 2.22. The summed E-state index contributed by atoms with van der Waals surface area (Å²) in [5.74, 6) is 0.566. The third-order valence-corrected chi connectivity index (χ3v) is 5.93. The molecule has 3 atom stereocenters. The van der Waals surface area contributed by atoms with Gasteiger partial charge in [-0.05, 0) is 51.0 Å². The number of hydrogen-bond acceptors (Lipinski definition) is 4. The highest BCUT2D eigenvalue weighted by molar-refractivity contribution is 5.88. The highest BCUT2D eigenvalue weighted by atomic mass is 35.5. The standard InChI is InChI=1S/C19H32N4O3.ClH/c1-2-16(23-11-5-8-17(23)24)19(26)22-10-4-6-14(13-22)12-21-18(25)15-7-3-9-20-15;/h14-16,20H,2-13H2,1H3,(H,21,25);1H. The van der Waals surface area contributed by atoms with Crippen molar-refractivity contribution in [3.8, 4) is 0 Å². The lowest BCUT2D eigenvalue weighted by Crippen LogP contribution is -2.53. The number of likely N-dealkylation sites (tertiary alicyclic amines) is 2. The highest BCUT2D eigenvalue weighted by Gasteiger charge is 2.35. The number of nitrogens with one attached hydrogen (secondary N) is 2. The number of amides is 3. The Hall–Kier alpha value is -1.34. The minimum Gasteiger partial charge on any atom is -0.354 e. The summed E-state index contributed by atoms with van der Waals surface area (Å²) in [5, 5.41) is 6.27. The molecular formula is C19H33ClN4O3. The lowest BCUT2D eigenvalue weighted by atomic mass is 9.96. The van der Waals surface area contributed by atoms with E-state index in [1.54, 1.807) is 4.90 Å². The van der Waals surface area contributed by atoms with Gasteiger partial charge >= 0.3 is 0 Å². The molecule has 154 valence electrons. The third kappa shape index (κ3) is 5.35. The summed E-state index contributed by atoms with van der Waals surface area (Å²) < 4.78 is 0. The Labute approximate surface area is 168 Å². The topological polar surface area (TPSA) is 81.8 Å². The fraction of sp³-hybridized carbons (Fsp3) is 0.842. The zero-order valence-corrected chi connectivity index (χ0v) is 17.1. The number of hydrogen-bond donors (Lipinski definition) is 2. The van der Waals surface area contributed by atoms with E-state index in [4.69, 9.17) is 0 Å². The van der Waals surface area contributed by atoms with Crippen LogP contribution in [0.2, 0.25) is 0 Å². The fourth-order valence-electron chi connectivity index (χ4n) is 4.45. The first-order chi connectivity index (χ1) is 12.6. The van der Waals surface area contributed by atoms with E-state index in [2.05, 4.69) is 10.6 Å². The van der Waals surface area contributed by atoms with Crippen molar-refractivity contribution in [2.75, 3.05) is 32.7 Å². The fourth-order valence-corrected chi connectivity index (χ4v) is 4.45. The molecule has 0 aromatic heterocycles. The second-order valence-corrected chi connectivity index (χ2v) is 7.80. The maximum absolute atomic E-state index is 13.0. The van der Waals surface area contributed by atoms with Gasteiger partial charge in [0.05, 0.1) is 6.04 Å². The van der Waals surface area contributed by atoms with Crippen LogP contribution in [0.3, 0.4) is 0 Å². The predicted octanol–water partition coefficient (Wildman–Crippen LogP) is 0.916. The van der Waals surface area contributed by atoms with E-state index >= 15 is 0 Å². The SMILES string of the molecule is CCC(C(=O)N1CCCC(CNC(=O)C2CCCN2)C1)N1CCCC1=O.Cl. The van der Waals surface area contributed by atoms with E-state index in [0.717, 1.165) is 45.2 Å². The van der Waals surface area contributed by atoms with Gasteiger partial charge in [0, 0.05) is 32.6 Å². The smallest absolute Gasteiger partial charge is 0.245 e. The summed E-state index contributed by atoms with van der Waals surface area (Å²) >= 11 is 0. The molecule has 7 nitrogen and oxygen atoms in total. The van der Waals surface area contributed by atoms with Crippen LogP contribution in [0.5, 0.6) is 0 Å². The lowest BCUT2D eigenvalue weighted by molar-refractivity contribution is -0.145. The van der Waals surface area contributed by atoms with Crippen molar-refractivity contribution in [1.29, 1.82) is 0 Å². The monoisotopic (exact) mass is 400 g/mol. The molecule has 0 spiro atoms. The number of halogens is 1. The van der Waals surface area contributed by atoms with Crippen LogP contribution >= 0.6 is 12.4 Å². The molecule has 3 heterocycles. The lowest BCUT2D eigenvalue weighted by Gasteiger charge is -2.37.